The second-order valence-electron chi connectivity index (χ2n) is 3.83. The first-order valence-corrected chi connectivity index (χ1v) is 5.01. The Kier molecular flexibility index (Phi) is 6.00. The minimum atomic E-state index is -1.01. The second kappa shape index (κ2) is 6.17. The van der Waals surface area contributed by atoms with Crippen LogP contribution in [0.4, 0.5) is 0 Å². The molecule has 0 amide bonds. The quantitative estimate of drug-likeness (QED) is 0.510. The molecule has 0 saturated heterocycles. The highest BCUT2D eigenvalue weighted by atomic mass is 16.6. The van der Waals surface area contributed by atoms with Gasteiger partial charge in [0, 0.05) is 0 Å². The molecule has 0 aliphatic carbocycles. The van der Waals surface area contributed by atoms with Crippen molar-refractivity contribution in [3.05, 3.63) is 12.2 Å². The molecule has 2 heteroatoms. The molecule has 0 rings (SSSR count). The van der Waals surface area contributed by atoms with E-state index in [1.54, 1.807) is 13.8 Å². The second-order valence-corrected chi connectivity index (χ2v) is 3.83. The summed E-state index contributed by atoms with van der Waals surface area (Å²) in [6.45, 7) is 7.42. The molecule has 0 aliphatic rings. The molecule has 0 aromatic carbocycles. The van der Waals surface area contributed by atoms with Crippen LogP contribution in [0.15, 0.2) is 12.2 Å². The largest absolute Gasteiger partial charge is 0.366 e. The predicted octanol–water partition coefficient (Wildman–Crippen LogP) is 2.87. The van der Waals surface area contributed by atoms with E-state index < -0.39 is 5.79 Å². The molecule has 0 bridgehead atoms. The normalized spacial score (nSPS) is 15.2. The molecule has 0 aliphatic heterocycles. The van der Waals surface area contributed by atoms with Crippen molar-refractivity contribution >= 4 is 0 Å². The molecule has 78 valence electrons. The number of allylic oxidation sites excluding steroid dienone is 2. The van der Waals surface area contributed by atoms with Crippen molar-refractivity contribution in [1.29, 1.82) is 0 Å². The Hall–Kier alpha value is -0.340. The topological polar surface area (TPSA) is 29.5 Å². The summed E-state index contributed by atoms with van der Waals surface area (Å²) in [5.41, 5.74) is 0. The molecule has 0 heterocycles. The van der Waals surface area contributed by atoms with Crippen molar-refractivity contribution in [2.45, 2.75) is 58.8 Å². The van der Waals surface area contributed by atoms with Crippen LogP contribution in [0.2, 0.25) is 0 Å². The molecule has 0 spiro atoms. The van der Waals surface area contributed by atoms with E-state index in [9.17, 15) is 5.11 Å². The van der Waals surface area contributed by atoms with Gasteiger partial charge in [-0.3, -0.25) is 0 Å². The van der Waals surface area contributed by atoms with Crippen LogP contribution in [-0.2, 0) is 4.74 Å². The minimum absolute atomic E-state index is 0.113. The van der Waals surface area contributed by atoms with Crippen LogP contribution >= 0.6 is 0 Å². The number of hydrogen-bond donors (Lipinski definition) is 1. The lowest BCUT2D eigenvalue weighted by atomic mass is 10.2. The van der Waals surface area contributed by atoms with Gasteiger partial charge in [0.25, 0.3) is 0 Å². The molecule has 1 atom stereocenters. The zero-order valence-electron chi connectivity index (χ0n) is 9.21. The number of ether oxygens (including phenoxy) is 1. The standard InChI is InChI=1S/C11H22O2/c1-5-6-7-8-9-10(2)13-11(3,4)12/h6-7,10,12H,5,8-9H2,1-4H3/b7-6-/t10-/m0/s1. The summed E-state index contributed by atoms with van der Waals surface area (Å²) in [7, 11) is 0. The Bertz CT molecular complexity index is 145. The van der Waals surface area contributed by atoms with E-state index in [-0.39, 0.29) is 6.10 Å². The van der Waals surface area contributed by atoms with Gasteiger partial charge in [0.2, 0.25) is 0 Å². The van der Waals surface area contributed by atoms with E-state index >= 15 is 0 Å². The van der Waals surface area contributed by atoms with Crippen molar-refractivity contribution in [2.24, 2.45) is 0 Å². The SMILES string of the molecule is CC/C=C\CC[C@H](C)OC(C)(C)O. The van der Waals surface area contributed by atoms with Crippen LogP contribution in [0.1, 0.15) is 47.0 Å². The zero-order valence-corrected chi connectivity index (χ0v) is 9.21. The van der Waals surface area contributed by atoms with Crippen LogP contribution in [0.25, 0.3) is 0 Å². The van der Waals surface area contributed by atoms with E-state index in [1.807, 2.05) is 6.92 Å². The van der Waals surface area contributed by atoms with E-state index in [0.29, 0.717) is 0 Å². The summed E-state index contributed by atoms with van der Waals surface area (Å²) in [6.07, 6.45) is 7.48. The van der Waals surface area contributed by atoms with Gasteiger partial charge in [0.1, 0.15) is 0 Å². The van der Waals surface area contributed by atoms with E-state index in [2.05, 4.69) is 19.1 Å². The van der Waals surface area contributed by atoms with Crippen molar-refractivity contribution in [1.82, 2.24) is 0 Å². The summed E-state index contributed by atoms with van der Waals surface area (Å²) < 4.78 is 5.34. The Morgan fingerprint density at radius 3 is 2.46 bits per heavy atom. The van der Waals surface area contributed by atoms with Gasteiger partial charge < -0.3 is 9.84 Å². The first kappa shape index (κ1) is 12.7. The van der Waals surface area contributed by atoms with Crippen molar-refractivity contribution < 1.29 is 9.84 Å². The highest BCUT2D eigenvalue weighted by molar-refractivity contribution is 4.80. The maximum absolute atomic E-state index is 9.35. The molecule has 0 radical (unpaired) electrons. The van der Waals surface area contributed by atoms with E-state index in [4.69, 9.17) is 4.74 Å². The van der Waals surface area contributed by atoms with Crippen LogP contribution in [0, 0.1) is 0 Å². The smallest absolute Gasteiger partial charge is 0.160 e. The molecule has 0 unspecified atom stereocenters. The van der Waals surface area contributed by atoms with Gasteiger partial charge in [-0.25, -0.2) is 0 Å². The average Bonchev–Trinajstić information content (AvgIpc) is 1.94. The summed E-state index contributed by atoms with van der Waals surface area (Å²) in [5.74, 6) is -1.01. The van der Waals surface area contributed by atoms with Gasteiger partial charge in [-0.1, -0.05) is 19.1 Å². The van der Waals surface area contributed by atoms with Crippen LogP contribution in [0.5, 0.6) is 0 Å². The first-order valence-electron chi connectivity index (χ1n) is 5.01. The third-order valence-corrected chi connectivity index (χ3v) is 1.63. The van der Waals surface area contributed by atoms with Crippen LogP contribution in [0.3, 0.4) is 0 Å². The summed E-state index contributed by atoms with van der Waals surface area (Å²) in [4.78, 5) is 0. The van der Waals surface area contributed by atoms with E-state index in [1.165, 1.54) is 0 Å². The number of rotatable bonds is 6. The lowest BCUT2D eigenvalue weighted by Crippen LogP contribution is -2.28. The maximum Gasteiger partial charge on any atom is 0.160 e. The Balaban J connectivity index is 3.52. The number of hydrogen-bond acceptors (Lipinski definition) is 2. The molecule has 13 heavy (non-hydrogen) atoms. The fraction of sp³-hybridized carbons (Fsp3) is 0.818. The summed E-state index contributed by atoms with van der Waals surface area (Å²) >= 11 is 0. The fourth-order valence-electron chi connectivity index (χ4n) is 1.17. The van der Waals surface area contributed by atoms with Gasteiger partial charge in [-0.2, -0.15) is 0 Å². The van der Waals surface area contributed by atoms with Crippen LogP contribution in [-0.4, -0.2) is 17.0 Å². The molecular weight excluding hydrogens is 164 g/mol. The van der Waals surface area contributed by atoms with Crippen molar-refractivity contribution in [3.63, 3.8) is 0 Å². The fourth-order valence-corrected chi connectivity index (χ4v) is 1.17. The van der Waals surface area contributed by atoms with Gasteiger partial charge in [-0.05, 0) is 40.0 Å². The molecule has 0 aromatic heterocycles. The van der Waals surface area contributed by atoms with Gasteiger partial charge in [0.05, 0.1) is 6.10 Å². The summed E-state index contributed by atoms with van der Waals surface area (Å²) in [6, 6.07) is 0. The molecule has 0 fully saturated rings. The highest BCUT2D eigenvalue weighted by Crippen LogP contribution is 2.11. The van der Waals surface area contributed by atoms with Gasteiger partial charge >= 0.3 is 0 Å². The van der Waals surface area contributed by atoms with Crippen molar-refractivity contribution in [2.75, 3.05) is 0 Å². The third-order valence-electron chi connectivity index (χ3n) is 1.63. The lowest BCUT2D eigenvalue weighted by molar-refractivity contribution is -0.202. The summed E-state index contributed by atoms with van der Waals surface area (Å²) in [5, 5.41) is 9.35. The predicted molar refractivity (Wildman–Crippen MR) is 55.5 cm³/mol. The van der Waals surface area contributed by atoms with Gasteiger partial charge in [0.15, 0.2) is 5.79 Å². The van der Waals surface area contributed by atoms with Crippen molar-refractivity contribution in [3.8, 4) is 0 Å². The average molecular weight is 186 g/mol. The number of aliphatic hydroxyl groups is 1. The Labute approximate surface area is 81.6 Å². The maximum atomic E-state index is 9.35. The van der Waals surface area contributed by atoms with Crippen LogP contribution < -0.4 is 0 Å². The van der Waals surface area contributed by atoms with Gasteiger partial charge in [-0.15, -0.1) is 0 Å². The highest BCUT2D eigenvalue weighted by Gasteiger charge is 2.16. The molecule has 2 nitrogen and oxygen atoms in total. The Morgan fingerprint density at radius 2 is 2.00 bits per heavy atom. The zero-order chi connectivity index (χ0) is 10.3. The Morgan fingerprint density at radius 1 is 1.38 bits per heavy atom. The molecule has 1 N–H and O–H groups in total. The minimum Gasteiger partial charge on any atom is -0.366 e. The monoisotopic (exact) mass is 186 g/mol. The lowest BCUT2D eigenvalue weighted by Gasteiger charge is -2.23. The third kappa shape index (κ3) is 9.57. The molecule has 0 aromatic rings. The molecule has 0 saturated carbocycles. The van der Waals surface area contributed by atoms with E-state index in [0.717, 1.165) is 19.3 Å². The first-order chi connectivity index (χ1) is 5.95. The molecular formula is C11H22O2.